The molecule has 1 fully saturated rings. The van der Waals surface area contributed by atoms with Crippen molar-refractivity contribution in [2.75, 3.05) is 31.1 Å². The molecule has 3 heterocycles. The summed E-state index contributed by atoms with van der Waals surface area (Å²) < 4.78 is 0. The van der Waals surface area contributed by atoms with Crippen LogP contribution in [0.3, 0.4) is 0 Å². The third kappa shape index (κ3) is 2.68. The lowest BCUT2D eigenvalue weighted by atomic mass is 9.87. The summed E-state index contributed by atoms with van der Waals surface area (Å²) >= 11 is 0. The Morgan fingerprint density at radius 2 is 1.80 bits per heavy atom. The number of hydrogen-bond acceptors (Lipinski definition) is 4. The molecule has 1 aliphatic carbocycles. The van der Waals surface area contributed by atoms with Crippen molar-refractivity contribution in [2.45, 2.75) is 25.3 Å². The highest BCUT2D eigenvalue weighted by atomic mass is 15.3. The molecule has 1 atom stereocenters. The number of aromatic nitrogens is 3. The van der Waals surface area contributed by atoms with E-state index >= 15 is 0 Å². The fraction of sp³-hybridized carbons (Fsp3) is 0.400. The Balaban J connectivity index is 1.28. The van der Waals surface area contributed by atoms with Gasteiger partial charge in [-0.15, -0.1) is 0 Å². The normalized spacial score (nSPS) is 21.4. The highest BCUT2D eigenvalue weighted by Crippen LogP contribution is 2.27. The van der Waals surface area contributed by atoms with Crippen molar-refractivity contribution in [1.29, 1.82) is 0 Å². The summed E-state index contributed by atoms with van der Waals surface area (Å²) in [6.07, 6.45) is 7.31. The molecule has 128 valence electrons. The fourth-order valence-electron chi connectivity index (χ4n) is 4.40. The Hall–Kier alpha value is -2.40. The number of hydrogen-bond donors (Lipinski definition) is 1. The van der Waals surface area contributed by atoms with E-state index in [1.807, 2.05) is 6.20 Å². The first-order valence-electron chi connectivity index (χ1n) is 9.22. The molecule has 25 heavy (non-hydrogen) atoms. The molecule has 5 rings (SSSR count). The van der Waals surface area contributed by atoms with Crippen molar-refractivity contribution in [3.8, 4) is 0 Å². The molecule has 0 saturated carbocycles. The molecule has 1 saturated heterocycles. The van der Waals surface area contributed by atoms with Crippen LogP contribution in [-0.2, 0) is 12.8 Å². The van der Waals surface area contributed by atoms with Gasteiger partial charge in [0.25, 0.3) is 0 Å². The van der Waals surface area contributed by atoms with Crippen LogP contribution in [0.4, 0.5) is 5.82 Å². The van der Waals surface area contributed by atoms with E-state index < -0.39 is 0 Å². The fourth-order valence-corrected chi connectivity index (χ4v) is 4.40. The molecular weight excluding hydrogens is 310 g/mol. The molecular formula is C20H23N5. The van der Waals surface area contributed by atoms with Crippen LogP contribution in [0.5, 0.6) is 0 Å². The monoisotopic (exact) mass is 333 g/mol. The second-order valence-corrected chi connectivity index (χ2v) is 7.13. The quantitative estimate of drug-likeness (QED) is 0.783. The number of benzene rings is 1. The lowest BCUT2D eigenvalue weighted by Crippen LogP contribution is -2.52. The lowest BCUT2D eigenvalue weighted by Gasteiger charge is -2.41. The SMILES string of the molecule is c1ccc2c(c1)CCC(N1CCN(c3ncnc4[nH]ccc34)CC1)C2. The molecule has 1 N–H and O–H groups in total. The summed E-state index contributed by atoms with van der Waals surface area (Å²) in [6.45, 7) is 4.30. The Kier molecular flexibility index (Phi) is 3.67. The number of rotatable bonds is 2. The maximum absolute atomic E-state index is 4.55. The number of nitrogens with zero attached hydrogens (tertiary/aromatic N) is 4. The van der Waals surface area contributed by atoms with Gasteiger partial charge in [-0.05, 0) is 36.5 Å². The van der Waals surface area contributed by atoms with Crippen molar-refractivity contribution in [3.05, 3.63) is 54.0 Å². The maximum atomic E-state index is 4.55. The molecule has 2 aliphatic rings. The van der Waals surface area contributed by atoms with Gasteiger partial charge >= 0.3 is 0 Å². The summed E-state index contributed by atoms with van der Waals surface area (Å²) in [7, 11) is 0. The second-order valence-electron chi connectivity index (χ2n) is 7.13. The van der Waals surface area contributed by atoms with Crippen LogP contribution >= 0.6 is 0 Å². The Bertz CT molecular complexity index is 878. The van der Waals surface area contributed by atoms with Gasteiger partial charge in [-0.1, -0.05) is 24.3 Å². The average Bonchev–Trinajstić information content (AvgIpc) is 3.17. The lowest BCUT2D eigenvalue weighted by molar-refractivity contribution is 0.170. The van der Waals surface area contributed by atoms with Crippen LogP contribution in [-0.4, -0.2) is 52.1 Å². The maximum Gasteiger partial charge on any atom is 0.142 e. The number of piperazine rings is 1. The van der Waals surface area contributed by atoms with E-state index in [-0.39, 0.29) is 0 Å². The first-order chi connectivity index (χ1) is 12.4. The third-order valence-corrected chi connectivity index (χ3v) is 5.78. The van der Waals surface area contributed by atoms with E-state index in [4.69, 9.17) is 0 Å². The predicted molar refractivity (Wildman–Crippen MR) is 99.9 cm³/mol. The summed E-state index contributed by atoms with van der Waals surface area (Å²) in [6, 6.07) is 11.7. The first kappa shape index (κ1) is 14.9. The third-order valence-electron chi connectivity index (χ3n) is 5.78. The van der Waals surface area contributed by atoms with E-state index in [2.05, 4.69) is 55.1 Å². The minimum absolute atomic E-state index is 0.690. The van der Waals surface area contributed by atoms with Gasteiger partial charge in [0.05, 0.1) is 5.39 Å². The number of H-pyrrole nitrogens is 1. The van der Waals surface area contributed by atoms with Gasteiger partial charge in [0, 0.05) is 38.4 Å². The van der Waals surface area contributed by atoms with Gasteiger partial charge in [0.2, 0.25) is 0 Å². The number of aromatic amines is 1. The molecule has 3 aromatic rings. The minimum atomic E-state index is 0.690. The number of anilines is 1. The summed E-state index contributed by atoms with van der Waals surface area (Å²) in [4.78, 5) is 17.1. The van der Waals surface area contributed by atoms with Crippen LogP contribution in [0.25, 0.3) is 11.0 Å². The zero-order valence-corrected chi connectivity index (χ0v) is 14.4. The zero-order valence-electron chi connectivity index (χ0n) is 14.4. The molecule has 1 unspecified atom stereocenters. The zero-order chi connectivity index (χ0) is 16.6. The smallest absolute Gasteiger partial charge is 0.142 e. The Labute approximate surface area is 147 Å². The standard InChI is InChI=1S/C20H23N5/c1-2-4-16-13-17(6-5-15(16)3-1)24-9-11-25(12-10-24)20-18-7-8-21-19(18)22-14-23-20/h1-4,7-8,14,17H,5-6,9-13H2,(H,21,22,23). The van der Waals surface area contributed by atoms with Crippen LogP contribution < -0.4 is 4.90 Å². The van der Waals surface area contributed by atoms with Crippen LogP contribution in [0.15, 0.2) is 42.9 Å². The summed E-state index contributed by atoms with van der Waals surface area (Å²) in [5.74, 6) is 1.07. The van der Waals surface area contributed by atoms with E-state index in [0.717, 1.165) is 43.0 Å². The average molecular weight is 333 g/mol. The van der Waals surface area contributed by atoms with Gasteiger partial charge in [-0.3, -0.25) is 4.90 Å². The number of nitrogens with one attached hydrogen (secondary N) is 1. The largest absolute Gasteiger partial charge is 0.353 e. The van der Waals surface area contributed by atoms with Crippen LogP contribution in [0, 0.1) is 0 Å². The van der Waals surface area contributed by atoms with E-state index in [1.165, 1.54) is 19.3 Å². The Morgan fingerprint density at radius 1 is 0.960 bits per heavy atom. The van der Waals surface area contributed by atoms with Crippen LogP contribution in [0.1, 0.15) is 17.5 Å². The Morgan fingerprint density at radius 3 is 2.68 bits per heavy atom. The van der Waals surface area contributed by atoms with E-state index in [9.17, 15) is 0 Å². The van der Waals surface area contributed by atoms with E-state index in [0.29, 0.717) is 6.04 Å². The van der Waals surface area contributed by atoms with Gasteiger partial charge in [0.15, 0.2) is 0 Å². The van der Waals surface area contributed by atoms with Crippen molar-refractivity contribution >= 4 is 16.9 Å². The van der Waals surface area contributed by atoms with Crippen molar-refractivity contribution < 1.29 is 0 Å². The molecule has 5 nitrogen and oxygen atoms in total. The minimum Gasteiger partial charge on any atom is -0.353 e. The molecule has 1 aromatic carbocycles. The number of fused-ring (bicyclic) bond motifs is 2. The molecule has 0 radical (unpaired) electrons. The van der Waals surface area contributed by atoms with E-state index in [1.54, 1.807) is 17.5 Å². The van der Waals surface area contributed by atoms with Gasteiger partial charge in [-0.25, -0.2) is 9.97 Å². The van der Waals surface area contributed by atoms with Crippen LogP contribution in [0.2, 0.25) is 0 Å². The number of aryl methyl sites for hydroxylation is 1. The van der Waals surface area contributed by atoms with Crippen molar-refractivity contribution in [3.63, 3.8) is 0 Å². The predicted octanol–water partition coefficient (Wildman–Crippen LogP) is 2.64. The summed E-state index contributed by atoms with van der Waals surface area (Å²) in [5.41, 5.74) is 4.02. The van der Waals surface area contributed by atoms with Crippen molar-refractivity contribution in [1.82, 2.24) is 19.9 Å². The molecule has 0 bridgehead atoms. The highest BCUT2D eigenvalue weighted by Gasteiger charge is 2.28. The topological polar surface area (TPSA) is 48.1 Å². The molecule has 2 aromatic heterocycles. The second kappa shape index (κ2) is 6.15. The molecule has 0 spiro atoms. The highest BCUT2D eigenvalue weighted by molar-refractivity contribution is 5.87. The van der Waals surface area contributed by atoms with Gasteiger partial charge in [0.1, 0.15) is 17.8 Å². The van der Waals surface area contributed by atoms with Gasteiger partial charge in [-0.2, -0.15) is 0 Å². The molecule has 1 aliphatic heterocycles. The van der Waals surface area contributed by atoms with Gasteiger partial charge < -0.3 is 9.88 Å². The molecule has 0 amide bonds. The first-order valence-corrected chi connectivity index (χ1v) is 9.22. The molecule has 5 heteroatoms. The summed E-state index contributed by atoms with van der Waals surface area (Å²) in [5, 5.41) is 1.13. The van der Waals surface area contributed by atoms with Crippen molar-refractivity contribution in [2.24, 2.45) is 0 Å².